The van der Waals surface area contributed by atoms with Gasteiger partial charge in [-0.05, 0) is 34.7 Å². The van der Waals surface area contributed by atoms with Gasteiger partial charge in [-0.1, -0.05) is 25.6 Å². The van der Waals surface area contributed by atoms with Crippen molar-refractivity contribution in [2.45, 2.75) is 26.8 Å². The van der Waals surface area contributed by atoms with E-state index in [-0.39, 0.29) is 0 Å². The summed E-state index contributed by atoms with van der Waals surface area (Å²) in [5, 5.41) is 8.88. The molecule has 1 N–H and O–H groups in total. The molecule has 1 aromatic heterocycles. The van der Waals surface area contributed by atoms with Crippen molar-refractivity contribution in [3.63, 3.8) is 0 Å². The summed E-state index contributed by atoms with van der Waals surface area (Å²) >= 11 is 3.58. The lowest BCUT2D eigenvalue weighted by molar-refractivity contribution is 0.436. The maximum Gasteiger partial charge on any atom is 0.157 e. The molecule has 16 heavy (non-hydrogen) atoms. The molecule has 0 bridgehead atoms. The number of hydrogen-bond donors (Lipinski definition) is 1. The number of aliphatic imine (C=N–C) groups is 1. The third kappa shape index (κ3) is 3.01. The lowest BCUT2D eigenvalue weighted by Gasteiger charge is -2.28. The molecule has 1 aliphatic heterocycles. The molecule has 0 radical (unpaired) electrons. The minimum atomic E-state index is 0.349. The van der Waals surface area contributed by atoms with Crippen molar-refractivity contribution in [3.8, 4) is 0 Å². The fourth-order valence-corrected chi connectivity index (χ4v) is 3.31. The second-order valence-corrected chi connectivity index (χ2v) is 6.74. The van der Waals surface area contributed by atoms with Gasteiger partial charge in [0, 0.05) is 12.3 Å². The van der Waals surface area contributed by atoms with E-state index in [1.54, 1.807) is 11.3 Å². The summed E-state index contributed by atoms with van der Waals surface area (Å²) < 4.78 is 0. The van der Waals surface area contributed by atoms with E-state index < -0.39 is 0 Å². The minimum absolute atomic E-state index is 0.349. The zero-order valence-electron chi connectivity index (χ0n) is 9.99. The number of nitrogens with zero attached hydrogens (tertiary/aromatic N) is 1. The molecule has 0 amide bonds. The van der Waals surface area contributed by atoms with E-state index in [9.17, 15) is 0 Å². The van der Waals surface area contributed by atoms with Crippen LogP contribution in [0.5, 0.6) is 0 Å². The van der Waals surface area contributed by atoms with Crippen molar-refractivity contribution in [3.05, 3.63) is 22.4 Å². The summed E-state index contributed by atoms with van der Waals surface area (Å²) in [6.07, 6.45) is 0. The second-order valence-electron chi connectivity index (χ2n) is 5.00. The number of rotatable bonds is 2. The number of thioether (sulfide) groups is 1. The average molecular weight is 254 g/mol. The predicted molar refractivity (Wildman–Crippen MR) is 74.4 cm³/mol. The van der Waals surface area contributed by atoms with Crippen LogP contribution in [-0.4, -0.2) is 17.5 Å². The van der Waals surface area contributed by atoms with Crippen molar-refractivity contribution in [1.82, 2.24) is 5.32 Å². The molecule has 0 saturated heterocycles. The SMILES string of the molecule is CC(NC1=NCC(C)(C)CS1)c1ccsc1. The van der Waals surface area contributed by atoms with E-state index in [0.717, 1.165) is 17.5 Å². The highest BCUT2D eigenvalue weighted by Gasteiger charge is 2.24. The Morgan fingerprint density at radius 1 is 1.50 bits per heavy atom. The summed E-state index contributed by atoms with van der Waals surface area (Å²) in [5.41, 5.74) is 1.69. The number of nitrogens with one attached hydrogen (secondary N) is 1. The van der Waals surface area contributed by atoms with Crippen LogP contribution in [0.15, 0.2) is 21.8 Å². The van der Waals surface area contributed by atoms with Gasteiger partial charge in [-0.25, -0.2) is 0 Å². The largest absolute Gasteiger partial charge is 0.358 e. The van der Waals surface area contributed by atoms with Crippen LogP contribution in [0.25, 0.3) is 0 Å². The molecule has 1 aromatic rings. The Bertz CT molecular complexity index is 368. The van der Waals surface area contributed by atoms with Crippen LogP contribution in [0.4, 0.5) is 0 Å². The summed E-state index contributed by atoms with van der Waals surface area (Å²) in [6.45, 7) is 7.65. The second kappa shape index (κ2) is 4.80. The minimum Gasteiger partial charge on any atom is -0.358 e. The molecule has 0 aliphatic carbocycles. The Kier molecular flexibility index (Phi) is 3.60. The van der Waals surface area contributed by atoms with Gasteiger partial charge in [0.15, 0.2) is 5.17 Å². The lowest BCUT2D eigenvalue weighted by Crippen LogP contribution is -2.32. The summed E-state index contributed by atoms with van der Waals surface area (Å²) in [6, 6.07) is 2.53. The number of hydrogen-bond acceptors (Lipinski definition) is 4. The Labute approximate surface area is 106 Å². The Morgan fingerprint density at radius 2 is 2.31 bits per heavy atom. The number of amidine groups is 1. The van der Waals surface area contributed by atoms with Crippen LogP contribution in [0.1, 0.15) is 32.4 Å². The normalized spacial score (nSPS) is 21.3. The lowest BCUT2D eigenvalue weighted by atomic mass is 9.97. The highest BCUT2D eigenvalue weighted by Crippen LogP contribution is 2.28. The van der Waals surface area contributed by atoms with Gasteiger partial charge in [0.25, 0.3) is 0 Å². The zero-order valence-corrected chi connectivity index (χ0v) is 11.6. The van der Waals surface area contributed by atoms with Crippen molar-refractivity contribution < 1.29 is 0 Å². The van der Waals surface area contributed by atoms with E-state index in [0.29, 0.717) is 11.5 Å². The summed E-state index contributed by atoms with van der Waals surface area (Å²) in [4.78, 5) is 4.60. The molecule has 0 fully saturated rings. The van der Waals surface area contributed by atoms with Gasteiger partial charge in [-0.2, -0.15) is 11.3 Å². The van der Waals surface area contributed by atoms with E-state index in [1.807, 2.05) is 11.8 Å². The van der Waals surface area contributed by atoms with E-state index in [2.05, 4.69) is 47.9 Å². The Balaban J connectivity index is 1.94. The van der Waals surface area contributed by atoms with Crippen LogP contribution in [-0.2, 0) is 0 Å². The third-order valence-corrected chi connectivity index (χ3v) is 4.78. The maximum absolute atomic E-state index is 4.60. The topological polar surface area (TPSA) is 24.4 Å². The van der Waals surface area contributed by atoms with Crippen LogP contribution >= 0.6 is 23.1 Å². The van der Waals surface area contributed by atoms with Crippen LogP contribution in [0.2, 0.25) is 0 Å². The molecular weight excluding hydrogens is 236 g/mol. The van der Waals surface area contributed by atoms with Crippen LogP contribution in [0.3, 0.4) is 0 Å². The van der Waals surface area contributed by atoms with Gasteiger partial charge < -0.3 is 5.32 Å². The van der Waals surface area contributed by atoms with Gasteiger partial charge >= 0.3 is 0 Å². The molecular formula is C12H18N2S2. The molecule has 2 rings (SSSR count). The fraction of sp³-hybridized carbons (Fsp3) is 0.583. The first-order chi connectivity index (χ1) is 7.57. The molecule has 2 heterocycles. The molecule has 2 nitrogen and oxygen atoms in total. The molecule has 1 atom stereocenters. The maximum atomic E-state index is 4.60. The average Bonchev–Trinajstić information content (AvgIpc) is 2.74. The van der Waals surface area contributed by atoms with Crippen molar-refractivity contribution >= 4 is 28.3 Å². The monoisotopic (exact) mass is 254 g/mol. The van der Waals surface area contributed by atoms with E-state index in [1.165, 1.54) is 5.56 Å². The van der Waals surface area contributed by atoms with Crippen LogP contribution in [0, 0.1) is 5.41 Å². The van der Waals surface area contributed by atoms with Crippen molar-refractivity contribution in [1.29, 1.82) is 0 Å². The van der Waals surface area contributed by atoms with Crippen molar-refractivity contribution in [2.75, 3.05) is 12.3 Å². The number of thiophene rings is 1. The van der Waals surface area contributed by atoms with Gasteiger partial charge in [0.1, 0.15) is 0 Å². The summed E-state index contributed by atoms with van der Waals surface area (Å²) in [7, 11) is 0. The highest BCUT2D eigenvalue weighted by atomic mass is 32.2. The first-order valence-electron chi connectivity index (χ1n) is 5.53. The smallest absolute Gasteiger partial charge is 0.157 e. The Hall–Kier alpha value is -0.480. The van der Waals surface area contributed by atoms with E-state index >= 15 is 0 Å². The Morgan fingerprint density at radius 3 is 2.88 bits per heavy atom. The zero-order chi connectivity index (χ0) is 11.6. The molecule has 0 aromatic carbocycles. The quantitative estimate of drug-likeness (QED) is 0.873. The molecule has 4 heteroatoms. The first-order valence-corrected chi connectivity index (χ1v) is 7.45. The van der Waals surface area contributed by atoms with Crippen LogP contribution < -0.4 is 5.32 Å². The van der Waals surface area contributed by atoms with Gasteiger partial charge in [-0.15, -0.1) is 0 Å². The molecule has 1 aliphatic rings. The van der Waals surface area contributed by atoms with Gasteiger partial charge in [0.2, 0.25) is 0 Å². The molecule has 1 unspecified atom stereocenters. The molecule has 88 valence electrons. The predicted octanol–water partition coefficient (Wildman–Crippen LogP) is 3.53. The molecule has 0 spiro atoms. The van der Waals surface area contributed by atoms with Gasteiger partial charge in [0.05, 0.1) is 6.04 Å². The molecule has 0 saturated carbocycles. The standard InChI is InChI=1S/C12H18N2S2/c1-9(10-4-5-15-6-10)14-11-13-7-12(2,3)8-16-11/h4-6,9H,7-8H2,1-3H3,(H,13,14). The van der Waals surface area contributed by atoms with Gasteiger partial charge in [-0.3, -0.25) is 4.99 Å². The third-order valence-electron chi connectivity index (χ3n) is 2.63. The fourth-order valence-electron chi connectivity index (χ4n) is 1.52. The van der Waals surface area contributed by atoms with Crippen molar-refractivity contribution in [2.24, 2.45) is 10.4 Å². The first kappa shape index (κ1) is 12.0. The highest BCUT2D eigenvalue weighted by molar-refractivity contribution is 8.13. The van der Waals surface area contributed by atoms with E-state index in [4.69, 9.17) is 0 Å². The summed E-state index contributed by atoms with van der Waals surface area (Å²) in [5.74, 6) is 1.15.